The van der Waals surface area contributed by atoms with Crippen molar-refractivity contribution in [1.82, 2.24) is 10.2 Å². The van der Waals surface area contributed by atoms with Gasteiger partial charge < -0.3 is 16.0 Å². The molecular formula is C17H27FN4O. The Morgan fingerprint density at radius 2 is 1.91 bits per heavy atom. The molecular weight excluding hydrogens is 295 g/mol. The van der Waals surface area contributed by atoms with Crippen LogP contribution in [-0.4, -0.2) is 56.1 Å². The molecule has 1 saturated heterocycles. The lowest BCUT2D eigenvalue weighted by atomic mass is 10.2. The molecule has 2 rings (SSSR count). The molecule has 0 aliphatic carbocycles. The summed E-state index contributed by atoms with van der Waals surface area (Å²) in [6.07, 6.45) is 1.64. The van der Waals surface area contributed by atoms with Crippen molar-refractivity contribution >= 4 is 11.6 Å². The van der Waals surface area contributed by atoms with E-state index < -0.39 is 6.04 Å². The molecule has 3 N–H and O–H groups in total. The number of halogens is 1. The molecule has 1 amide bonds. The highest BCUT2D eigenvalue weighted by Gasteiger charge is 2.17. The normalized spacial score (nSPS) is 17.1. The minimum atomic E-state index is -0.393. The standard InChI is InChI=1S/C17H27FN4O/c1-2-3-16(19)17(23)20-8-9-21-10-12-22(13-11-21)15-6-4-14(18)5-7-15/h4-7,16H,2-3,8-13,19H2,1H3,(H,20,23). The monoisotopic (exact) mass is 322 g/mol. The first-order valence-electron chi connectivity index (χ1n) is 8.36. The number of amides is 1. The van der Waals surface area contributed by atoms with Gasteiger partial charge in [-0.2, -0.15) is 0 Å². The Bertz CT molecular complexity index is 486. The number of carbonyl (C=O) groups excluding carboxylic acids is 1. The first-order chi connectivity index (χ1) is 11.1. The van der Waals surface area contributed by atoms with E-state index >= 15 is 0 Å². The van der Waals surface area contributed by atoms with Crippen molar-refractivity contribution in [2.24, 2.45) is 5.73 Å². The summed E-state index contributed by atoms with van der Waals surface area (Å²) < 4.78 is 13.0. The first kappa shape index (κ1) is 17.7. The zero-order valence-electron chi connectivity index (χ0n) is 13.8. The third kappa shape index (κ3) is 5.48. The van der Waals surface area contributed by atoms with Crippen molar-refractivity contribution < 1.29 is 9.18 Å². The molecule has 1 aliphatic rings. The van der Waals surface area contributed by atoms with Crippen LogP contribution in [0.4, 0.5) is 10.1 Å². The fraction of sp³-hybridized carbons (Fsp3) is 0.588. The molecule has 128 valence electrons. The molecule has 0 bridgehead atoms. The maximum Gasteiger partial charge on any atom is 0.236 e. The Kier molecular flexibility index (Phi) is 6.80. The number of piperazine rings is 1. The third-order valence-electron chi connectivity index (χ3n) is 4.23. The molecule has 23 heavy (non-hydrogen) atoms. The summed E-state index contributed by atoms with van der Waals surface area (Å²) in [6, 6.07) is 6.24. The maximum absolute atomic E-state index is 13.0. The Morgan fingerprint density at radius 1 is 1.26 bits per heavy atom. The highest BCUT2D eigenvalue weighted by atomic mass is 19.1. The number of hydrogen-bond donors (Lipinski definition) is 2. The smallest absolute Gasteiger partial charge is 0.236 e. The van der Waals surface area contributed by atoms with Gasteiger partial charge in [0.05, 0.1) is 6.04 Å². The number of carbonyl (C=O) groups is 1. The van der Waals surface area contributed by atoms with Crippen molar-refractivity contribution in [3.8, 4) is 0 Å². The molecule has 1 aromatic rings. The second-order valence-electron chi connectivity index (χ2n) is 5.99. The average molecular weight is 322 g/mol. The van der Waals surface area contributed by atoms with Crippen molar-refractivity contribution in [2.75, 3.05) is 44.2 Å². The van der Waals surface area contributed by atoms with Crippen molar-refractivity contribution in [2.45, 2.75) is 25.8 Å². The highest BCUT2D eigenvalue weighted by molar-refractivity contribution is 5.81. The fourth-order valence-corrected chi connectivity index (χ4v) is 2.79. The van der Waals surface area contributed by atoms with Gasteiger partial charge in [0.1, 0.15) is 5.82 Å². The van der Waals surface area contributed by atoms with Crippen LogP contribution < -0.4 is 16.0 Å². The fourth-order valence-electron chi connectivity index (χ4n) is 2.79. The van der Waals surface area contributed by atoms with Gasteiger partial charge in [-0.3, -0.25) is 9.69 Å². The molecule has 6 heteroatoms. The van der Waals surface area contributed by atoms with Crippen LogP contribution >= 0.6 is 0 Å². The van der Waals surface area contributed by atoms with E-state index in [1.165, 1.54) is 12.1 Å². The molecule has 1 heterocycles. The van der Waals surface area contributed by atoms with Crippen LogP contribution in [-0.2, 0) is 4.79 Å². The lowest BCUT2D eigenvalue weighted by molar-refractivity contribution is -0.122. The van der Waals surface area contributed by atoms with Crippen LogP contribution in [0.2, 0.25) is 0 Å². The highest BCUT2D eigenvalue weighted by Crippen LogP contribution is 2.16. The third-order valence-corrected chi connectivity index (χ3v) is 4.23. The number of rotatable bonds is 7. The predicted octanol–water partition coefficient (Wildman–Crippen LogP) is 1.19. The van der Waals surface area contributed by atoms with E-state index in [4.69, 9.17) is 5.73 Å². The molecule has 0 aromatic heterocycles. The zero-order chi connectivity index (χ0) is 16.7. The first-order valence-corrected chi connectivity index (χ1v) is 8.36. The lowest BCUT2D eigenvalue weighted by Gasteiger charge is -2.36. The SMILES string of the molecule is CCCC(N)C(=O)NCCN1CCN(c2ccc(F)cc2)CC1. The Hall–Kier alpha value is -1.66. The van der Waals surface area contributed by atoms with Gasteiger partial charge in [0, 0.05) is 45.0 Å². The van der Waals surface area contributed by atoms with Crippen molar-refractivity contribution in [3.63, 3.8) is 0 Å². The van der Waals surface area contributed by atoms with Crippen LogP contribution in [0.5, 0.6) is 0 Å². The van der Waals surface area contributed by atoms with Gasteiger partial charge in [-0.1, -0.05) is 13.3 Å². The summed E-state index contributed by atoms with van der Waals surface area (Å²) in [5, 5.41) is 2.90. The van der Waals surface area contributed by atoms with Gasteiger partial charge in [-0.05, 0) is 30.7 Å². The van der Waals surface area contributed by atoms with Gasteiger partial charge in [-0.25, -0.2) is 4.39 Å². The summed E-state index contributed by atoms with van der Waals surface area (Å²) in [6.45, 7) is 7.19. The summed E-state index contributed by atoms with van der Waals surface area (Å²) in [5.41, 5.74) is 6.84. The van der Waals surface area contributed by atoms with E-state index in [-0.39, 0.29) is 11.7 Å². The summed E-state index contributed by atoms with van der Waals surface area (Å²) in [4.78, 5) is 16.3. The number of benzene rings is 1. The van der Waals surface area contributed by atoms with Gasteiger partial charge in [0.25, 0.3) is 0 Å². The number of hydrogen-bond acceptors (Lipinski definition) is 4. The van der Waals surface area contributed by atoms with E-state index in [1.54, 1.807) is 0 Å². The minimum absolute atomic E-state index is 0.0585. The molecule has 1 atom stereocenters. The zero-order valence-corrected chi connectivity index (χ0v) is 13.8. The molecule has 1 unspecified atom stereocenters. The summed E-state index contributed by atoms with van der Waals surface area (Å²) in [5.74, 6) is -0.263. The maximum atomic E-state index is 13.0. The summed E-state index contributed by atoms with van der Waals surface area (Å²) in [7, 11) is 0. The molecule has 1 aromatic carbocycles. The van der Waals surface area contributed by atoms with E-state index in [0.29, 0.717) is 6.54 Å². The second kappa shape index (κ2) is 8.84. The molecule has 1 fully saturated rings. The number of anilines is 1. The topological polar surface area (TPSA) is 61.6 Å². The Morgan fingerprint density at radius 3 is 2.52 bits per heavy atom. The predicted molar refractivity (Wildman–Crippen MR) is 90.9 cm³/mol. The minimum Gasteiger partial charge on any atom is -0.369 e. The number of nitrogens with zero attached hydrogens (tertiary/aromatic N) is 2. The molecule has 0 spiro atoms. The van der Waals surface area contributed by atoms with Crippen molar-refractivity contribution in [1.29, 1.82) is 0 Å². The van der Waals surface area contributed by atoms with Crippen LogP contribution in [0.25, 0.3) is 0 Å². The molecule has 5 nitrogen and oxygen atoms in total. The van der Waals surface area contributed by atoms with Crippen LogP contribution in [0.3, 0.4) is 0 Å². The Labute approximate surface area is 137 Å². The number of nitrogens with two attached hydrogens (primary N) is 1. The van der Waals surface area contributed by atoms with Gasteiger partial charge >= 0.3 is 0 Å². The molecule has 0 saturated carbocycles. The van der Waals surface area contributed by atoms with E-state index in [1.807, 2.05) is 19.1 Å². The quantitative estimate of drug-likeness (QED) is 0.792. The Balaban J connectivity index is 1.67. The van der Waals surface area contributed by atoms with Gasteiger partial charge in [-0.15, -0.1) is 0 Å². The van der Waals surface area contributed by atoms with Gasteiger partial charge in [0.2, 0.25) is 5.91 Å². The van der Waals surface area contributed by atoms with E-state index in [0.717, 1.165) is 51.3 Å². The molecule has 0 radical (unpaired) electrons. The van der Waals surface area contributed by atoms with Crippen LogP contribution in [0.15, 0.2) is 24.3 Å². The van der Waals surface area contributed by atoms with Crippen molar-refractivity contribution in [3.05, 3.63) is 30.1 Å². The van der Waals surface area contributed by atoms with E-state index in [2.05, 4.69) is 15.1 Å². The van der Waals surface area contributed by atoms with E-state index in [9.17, 15) is 9.18 Å². The molecule has 1 aliphatic heterocycles. The van der Waals surface area contributed by atoms with Crippen LogP contribution in [0.1, 0.15) is 19.8 Å². The largest absolute Gasteiger partial charge is 0.369 e. The summed E-state index contributed by atoms with van der Waals surface area (Å²) >= 11 is 0. The van der Waals surface area contributed by atoms with Gasteiger partial charge in [0.15, 0.2) is 0 Å². The van der Waals surface area contributed by atoms with Crippen LogP contribution in [0, 0.1) is 5.82 Å². The lowest BCUT2D eigenvalue weighted by Crippen LogP contribution is -2.49. The average Bonchev–Trinajstić information content (AvgIpc) is 2.56. The number of nitrogens with one attached hydrogen (secondary N) is 1. The second-order valence-corrected chi connectivity index (χ2v) is 5.99.